The molecule has 2 unspecified atom stereocenters. The van der Waals surface area contributed by atoms with Gasteiger partial charge in [-0.05, 0) is 25.2 Å². The minimum Gasteiger partial charge on any atom is -0.393 e. The number of nitrogens with zero attached hydrogens (tertiary/aromatic N) is 2. The zero-order valence-electron chi connectivity index (χ0n) is 8.02. The molecule has 1 aliphatic rings. The molecule has 5 heteroatoms. The summed E-state index contributed by atoms with van der Waals surface area (Å²) in [6.07, 6.45) is 4.15. The van der Waals surface area contributed by atoms with Crippen LogP contribution in [0.3, 0.4) is 0 Å². The molecular weight excluding hydrogens is 198 g/mol. The summed E-state index contributed by atoms with van der Waals surface area (Å²) in [5.41, 5.74) is 1.72. The Morgan fingerprint density at radius 3 is 3.21 bits per heavy atom. The van der Waals surface area contributed by atoms with E-state index >= 15 is 0 Å². The van der Waals surface area contributed by atoms with Gasteiger partial charge in [0.2, 0.25) is 5.13 Å². The zero-order chi connectivity index (χ0) is 9.80. The second-order valence-electron chi connectivity index (χ2n) is 3.81. The van der Waals surface area contributed by atoms with Crippen LogP contribution in [0.25, 0.3) is 0 Å². The van der Waals surface area contributed by atoms with E-state index in [1.165, 1.54) is 17.8 Å². The molecule has 1 aliphatic carbocycles. The van der Waals surface area contributed by atoms with Crippen molar-refractivity contribution in [3.05, 3.63) is 5.51 Å². The van der Waals surface area contributed by atoms with Crippen molar-refractivity contribution < 1.29 is 5.11 Å². The van der Waals surface area contributed by atoms with Gasteiger partial charge >= 0.3 is 0 Å². The lowest BCUT2D eigenvalue weighted by Gasteiger charge is -2.25. The first-order valence-corrected chi connectivity index (χ1v) is 5.90. The zero-order valence-corrected chi connectivity index (χ0v) is 8.83. The fourth-order valence-corrected chi connectivity index (χ4v) is 2.38. The van der Waals surface area contributed by atoms with Crippen LogP contribution >= 0.6 is 11.3 Å². The summed E-state index contributed by atoms with van der Waals surface area (Å²) in [6.45, 7) is 0.909. The summed E-state index contributed by atoms with van der Waals surface area (Å²) < 4.78 is 0. The Balaban J connectivity index is 1.75. The highest BCUT2D eigenvalue weighted by atomic mass is 32.1. The maximum absolute atomic E-state index is 9.48. The second kappa shape index (κ2) is 4.70. The largest absolute Gasteiger partial charge is 0.393 e. The minimum atomic E-state index is -0.0926. The highest BCUT2D eigenvalue weighted by Crippen LogP contribution is 2.24. The lowest BCUT2D eigenvalue weighted by Crippen LogP contribution is -2.24. The fourth-order valence-electron chi connectivity index (χ4n) is 1.93. The number of hydrogen-bond acceptors (Lipinski definition) is 5. The van der Waals surface area contributed by atoms with Crippen molar-refractivity contribution in [3.63, 3.8) is 0 Å². The number of aromatic nitrogens is 2. The maximum Gasteiger partial charge on any atom is 0.205 e. The Labute approximate surface area is 87.4 Å². The van der Waals surface area contributed by atoms with E-state index in [2.05, 4.69) is 15.5 Å². The van der Waals surface area contributed by atoms with Crippen LogP contribution in [0, 0.1) is 5.92 Å². The third kappa shape index (κ3) is 2.65. The summed E-state index contributed by atoms with van der Waals surface area (Å²) in [6, 6.07) is 0. The Kier molecular flexibility index (Phi) is 3.31. The average Bonchev–Trinajstić information content (AvgIpc) is 2.67. The molecule has 1 aromatic rings. The highest BCUT2D eigenvalue weighted by Gasteiger charge is 2.19. The predicted octanol–water partition coefficient (Wildman–Crippen LogP) is 1.50. The van der Waals surface area contributed by atoms with Crippen LogP contribution in [0.1, 0.15) is 25.7 Å². The minimum absolute atomic E-state index is 0.0926. The summed E-state index contributed by atoms with van der Waals surface area (Å²) in [5, 5.41) is 21.3. The molecule has 1 heterocycles. The van der Waals surface area contributed by atoms with Crippen molar-refractivity contribution in [3.8, 4) is 0 Å². The van der Waals surface area contributed by atoms with E-state index in [1.54, 1.807) is 5.51 Å². The van der Waals surface area contributed by atoms with E-state index in [-0.39, 0.29) is 6.10 Å². The molecule has 1 fully saturated rings. The molecule has 0 spiro atoms. The average molecular weight is 213 g/mol. The molecule has 0 radical (unpaired) electrons. The van der Waals surface area contributed by atoms with Crippen molar-refractivity contribution in [1.29, 1.82) is 0 Å². The van der Waals surface area contributed by atoms with E-state index in [9.17, 15) is 5.11 Å². The first-order valence-electron chi connectivity index (χ1n) is 5.02. The molecule has 2 rings (SSSR count). The van der Waals surface area contributed by atoms with Gasteiger partial charge in [0.25, 0.3) is 0 Å². The Hall–Kier alpha value is -0.680. The topological polar surface area (TPSA) is 58.0 Å². The van der Waals surface area contributed by atoms with Gasteiger partial charge in [-0.25, -0.2) is 0 Å². The Morgan fingerprint density at radius 1 is 1.57 bits per heavy atom. The van der Waals surface area contributed by atoms with Gasteiger partial charge in [0, 0.05) is 6.54 Å². The molecule has 4 nitrogen and oxygen atoms in total. The van der Waals surface area contributed by atoms with Crippen LogP contribution < -0.4 is 5.32 Å². The predicted molar refractivity (Wildman–Crippen MR) is 56.4 cm³/mol. The van der Waals surface area contributed by atoms with Crippen LogP contribution in [-0.2, 0) is 0 Å². The number of rotatable bonds is 3. The third-order valence-electron chi connectivity index (χ3n) is 2.66. The van der Waals surface area contributed by atoms with Crippen LogP contribution in [0.2, 0.25) is 0 Å². The normalized spacial score (nSPS) is 27.5. The molecule has 2 N–H and O–H groups in total. The quantitative estimate of drug-likeness (QED) is 0.799. The van der Waals surface area contributed by atoms with E-state index in [4.69, 9.17) is 0 Å². The van der Waals surface area contributed by atoms with Gasteiger partial charge in [0.15, 0.2) is 0 Å². The van der Waals surface area contributed by atoms with E-state index in [1.807, 2.05) is 0 Å². The Bertz CT molecular complexity index is 265. The van der Waals surface area contributed by atoms with Crippen LogP contribution in [0.4, 0.5) is 5.13 Å². The van der Waals surface area contributed by atoms with Gasteiger partial charge in [-0.1, -0.05) is 17.8 Å². The van der Waals surface area contributed by atoms with Gasteiger partial charge in [0.1, 0.15) is 5.51 Å². The summed E-state index contributed by atoms with van der Waals surface area (Å²) in [7, 11) is 0. The van der Waals surface area contributed by atoms with E-state index in [0.717, 1.165) is 30.9 Å². The van der Waals surface area contributed by atoms with Gasteiger partial charge in [-0.3, -0.25) is 0 Å². The first-order chi connectivity index (χ1) is 6.84. The van der Waals surface area contributed by atoms with Crippen molar-refractivity contribution in [2.75, 3.05) is 11.9 Å². The number of nitrogens with one attached hydrogen (secondary N) is 1. The van der Waals surface area contributed by atoms with Crippen molar-refractivity contribution in [2.45, 2.75) is 31.8 Å². The SMILES string of the molecule is OC1CCCC(CNc2nncs2)C1. The molecule has 2 atom stereocenters. The van der Waals surface area contributed by atoms with E-state index in [0.29, 0.717) is 5.92 Å². The Morgan fingerprint density at radius 2 is 2.50 bits per heavy atom. The number of aliphatic hydroxyl groups excluding tert-OH is 1. The fraction of sp³-hybridized carbons (Fsp3) is 0.778. The molecule has 14 heavy (non-hydrogen) atoms. The maximum atomic E-state index is 9.48. The molecule has 0 amide bonds. The molecule has 0 bridgehead atoms. The van der Waals surface area contributed by atoms with Gasteiger partial charge < -0.3 is 10.4 Å². The number of anilines is 1. The number of hydrogen-bond donors (Lipinski definition) is 2. The molecule has 0 aromatic carbocycles. The third-order valence-corrected chi connectivity index (χ3v) is 3.31. The highest BCUT2D eigenvalue weighted by molar-refractivity contribution is 7.13. The lowest BCUT2D eigenvalue weighted by molar-refractivity contribution is 0.105. The molecule has 0 saturated heterocycles. The summed E-state index contributed by atoms with van der Waals surface area (Å²) in [4.78, 5) is 0. The van der Waals surface area contributed by atoms with Crippen LogP contribution in [0.5, 0.6) is 0 Å². The standard InChI is InChI=1S/C9H15N3OS/c13-8-3-1-2-7(4-8)5-10-9-12-11-6-14-9/h6-8,13H,1-5H2,(H,10,12). The van der Waals surface area contributed by atoms with Gasteiger partial charge in [-0.2, -0.15) is 0 Å². The number of aliphatic hydroxyl groups is 1. The van der Waals surface area contributed by atoms with Gasteiger partial charge in [0.05, 0.1) is 6.10 Å². The smallest absolute Gasteiger partial charge is 0.205 e. The second-order valence-corrected chi connectivity index (χ2v) is 4.64. The summed E-state index contributed by atoms with van der Waals surface area (Å²) in [5.74, 6) is 0.586. The molecular formula is C9H15N3OS. The van der Waals surface area contributed by atoms with Crippen LogP contribution in [-0.4, -0.2) is 28.0 Å². The van der Waals surface area contributed by atoms with Crippen molar-refractivity contribution in [1.82, 2.24) is 10.2 Å². The lowest BCUT2D eigenvalue weighted by atomic mass is 9.87. The molecule has 1 saturated carbocycles. The van der Waals surface area contributed by atoms with Crippen molar-refractivity contribution in [2.24, 2.45) is 5.92 Å². The molecule has 1 aromatic heterocycles. The van der Waals surface area contributed by atoms with E-state index < -0.39 is 0 Å². The summed E-state index contributed by atoms with van der Waals surface area (Å²) >= 11 is 1.52. The molecule has 0 aliphatic heterocycles. The van der Waals surface area contributed by atoms with Crippen LogP contribution in [0.15, 0.2) is 5.51 Å². The van der Waals surface area contributed by atoms with Gasteiger partial charge in [-0.15, -0.1) is 10.2 Å². The van der Waals surface area contributed by atoms with Crippen molar-refractivity contribution >= 4 is 16.5 Å². The first kappa shape index (κ1) is 9.86. The molecule has 78 valence electrons. The monoisotopic (exact) mass is 213 g/mol.